The third kappa shape index (κ3) is 5.75. The largest absolute Gasteiger partial charge is 0.492 e. The van der Waals surface area contributed by atoms with Gasteiger partial charge < -0.3 is 14.7 Å². The van der Waals surface area contributed by atoms with Gasteiger partial charge in [0, 0.05) is 13.1 Å². The van der Waals surface area contributed by atoms with Gasteiger partial charge in [-0.1, -0.05) is 26.3 Å². The number of likely N-dealkylation sites (N-methyl/N-ethyl adjacent to an activating group) is 1. The smallest absolute Gasteiger partial charge is 0.335 e. The number of nitrogens with zero attached hydrogens (tertiary/aromatic N) is 1. The SMILES string of the molecule is CCC(C)CN(C)CCOc1cccc(C(=O)O)c1. The highest BCUT2D eigenvalue weighted by Crippen LogP contribution is 2.13. The Morgan fingerprint density at radius 1 is 1.47 bits per heavy atom. The molecule has 0 aliphatic heterocycles. The summed E-state index contributed by atoms with van der Waals surface area (Å²) in [7, 11) is 2.07. The lowest BCUT2D eigenvalue weighted by atomic mass is 10.1. The molecule has 1 atom stereocenters. The van der Waals surface area contributed by atoms with Gasteiger partial charge in [-0.15, -0.1) is 0 Å². The highest BCUT2D eigenvalue weighted by atomic mass is 16.5. The van der Waals surface area contributed by atoms with E-state index in [9.17, 15) is 4.79 Å². The van der Waals surface area contributed by atoms with Crippen molar-refractivity contribution in [1.29, 1.82) is 0 Å². The molecule has 1 rings (SSSR count). The highest BCUT2D eigenvalue weighted by molar-refractivity contribution is 5.87. The summed E-state index contributed by atoms with van der Waals surface area (Å²) in [6.45, 7) is 6.87. The van der Waals surface area contributed by atoms with Crippen LogP contribution >= 0.6 is 0 Å². The lowest BCUT2D eigenvalue weighted by Crippen LogP contribution is -2.28. The molecule has 1 aromatic rings. The van der Waals surface area contributed by atoms with Gasteiger partial charge >= 0.3 is 5.97 Å². The Bertz CT molecular complexity index is 406. The monoisotopic (exact) mass is 265 g/mol. The van der Waals surface area contributed by atoms with Crippen LogP contribution in [0.1, 0.15) is 30.6 Å². The van der Waals surface area contributed by atoms with Crippen molar-refractivity contribution in [1.82, 2.24) is 4.90 Å². The molecule has 106 valence electrons. The first-order valence-corrected chi connectivity index (χ1v) is 6.67. The van der Waals surface area contributed by atoms with Crippen LogP contribution in [-0.2, 0) is 0 Å². The average Bonchev–Trinajstić information content (AvgIpc) is 2.38. The number of carbonyl (C=O) groups is 1. The van der Waals surface area contributed by atoms with Gasteiger partial charge in [-0.25, -0.2) is 4.79 Å². The van der Waals surface area contributed by atoms with Crippen LogP contribution in [0.5, 0.6) is 5.75 Å². The van der Waals surface area contributed by atoms with Gasteiger partial charge in [-0.2, -0.15) is 0 Å². The standard InChI is InChI=1S/C15H23NO3/c1-4-12(2)11-16(3)8-9-19-14-7-5-6-13(10-14)15(17)18/h5-7,10,12H,4,8-9,11H2,1-3H3,(H,17,18). The average molecular weight is 265 g/mol. The van der Waals surface area contributed by atoms with Crippen LogP contribution in [0.4, 0.5) is 0 Å². The Morgan fingerprint density at radius 2 is 2.21 bits per heavy atom. The van der Waals surface area contributed by atoms with E-state index in [4.69, 9.17) is 9.84 Å². The zero-order valence-electron chi connectivity index (χ0n) is 11.9. The molecular formula is C15H23NO3. The van der Waals surface area contributed by atoms with Gasteiger partial charge in [0.1, 0.15) is 12.4 Å². The summed E-state index contributed by atoms with van der Waals surface area (Å²) in [4.78, 5) is 13.1. The lowest BCUT2D eigenvalue weighted by molar-refractivity contribution is 0.0696. The Hall–Kier alpha value is -1.55. The van der Waals surface area contributed by atoms with E-state index >= 15 is 0 Å². The third-order valence-electron chi connectivity index (χ3n) is 3.14. The molecule has 0 aliphatic rings. The highest BCUT2D eigenvalue weighted by Gasteiger charge is 2.06. The Balaban J connectivity index is 2.36. The van der Waals surface area contributed by atoms with Crippen LogP contribution in [0.15, 0.2) is 24.3 Å². The van der Waals surface area contributed by atoms with E-state index in [0.717, 1.165) is 13.1 Å². The van der Waals surface area contributed by atoms with Crippen LogP contribution in [0.25, 0.3) is 0 Å². The fourth-order valence-corrected chi connectivity index (χ4v) is 1.79. The Kier molecular flexibility index (Phi) is 6.36. The van der Waals surface area contributed by atoms with E-state index < -0.39 is 5.97 Å². The second-order valence-electron chi connectivity index (χ2n) is 4.96. The molecule has 0 bridgehead atoms. The number of benzene rings is 1. The van der Waals surface area contributed by atoms with Crippen molar-refractivity contribution in [2.75, 3.05) is 26.7 Å². The molecule has 0 saturated heterocycles. The number of hydrogen-bond donors (Lipinski definition) is 1. The molecule has 1 aromatic carbocycles. The molecule has 1 unspecified atom stereocenters. The van der Waals surface area contributed by atoms with E-state index in [0.29, 0.717) is 18.3 Å². The molecule has 0 heterocycles. The second-order valence-corrected chi connectivity index (χ2v) is 4.96. The normalized spacial score (nSPS) is 12.4. The van der Waals surface area contributed by atoms with Crippen LogP contribution in [0.3, 0.4) is 0 Å². The van der Waals surface area contributed by atoms with Crippen molar-refractivity contribution in [2.24, 2.45) is 5.92 Å². The van der Waals surface area contributed by atoms with Crippen molar-refractivity contribution in [2.45, 2.75) is 20.3 Å². The molecule has 4 nitrogen and oxygen atoms in total. The minimum atomic E-state index is -0.931. The summed E-state index contributed by atoms with van der Waals surface area (Å²) in [5.74, 6) is 0.358. The van der Waals surface area contributed by atoms with E-state index in [1.165, 1.54) is 6.42 Å². The molecule has 0 aromatic heterocycles. The summed E-state index contributed by atoms with van der Waals surface area (Å²) in [6, 6.07) is 6.59. The first kappa shape index (κ1) is 15.5. The second kappa shape index (κ2) is 7.79. The van der Waals surface area contributed by atoms with E-state index in [2.05, 4.69) is 25.8 Å². The van der Waals surface area contributed by atoms with E-state index in [-0.39, 0.29) is 5.56 Å². The van der Waals surface area contributed by atoms with Crippen LogP contribution in [-0.4, -0.2) is 42.7 Å². The molecule has 19 heavy (non-hydrogen) atoms. The summed E-state index contributed by atoms with van der Waals surface area (Å²) < 4.78 is 5.58. The number of hydrogen-bond acceptors (Lipinski definition) is 3. The predicted octanol–water partition coefficient (Wildman–Crippen LogP) is 2.74. The fraction of sp³-hybridized carbons (Fsp3) is 0.533. The number of carboxylic acids is 1. The molecular weight excluding hydrogens is 242 g/mol. The Labute approximate surface area is 115 Å². The van der Waals surface area contributed by atoms with Crippen LogP contribution in [0, 0.1) is 5.92 Å². The molecule has 0 saturated carbocycles. The van der Waals surface area contributed by atoms with Crippen LogP contribution < -0.4 is 4.74 Å². The number of rotatable bonds is 8. The van der Waals surface area contributed by atoms with Crippen molar-refractivity contribution in [3.05, 3.63) is 29.8 Å². The molecule has 0 fully saturated rings. The molecule has 1 N–H and O–H groups in total. The topological polar surface area (TPSA) is 49.8 Å². The van der Waals surface area contributed by atoms with E-state index in [1.807, 2.05) is 0 Å². The predicted molar refractivity (Wildman–Crippen MR) is 75.8 cm³/mol. The maximum absolute atomic E-state index is 10.8. The number of carboxylic acid groups (broad SMARTS) is 1. The Morgan fingerprint density at radius 3 is 2.84 bits per heavy atom. The van der Waals surface area contributed by atoms with Gasteiger partial charge in [-0.3, -0.25) is 0 Å². The molecule has 0 spiro atoms. The zero-order valence-corrected chi connectivity index (χ0v) is 11.9. The summed E-state index contributed by atoms with van der Waals surface area (Å²) in [5.41, 5.74) is 0.255. The quantitative estimate of drug-likeness (QED) is 0.785. The van der Waals surface area contributed by atoms with Gasteiger partial charge in [0.15, 0.2) is 0 Å². The van der Waals surface area contributed by atoms with E-state index in [1.54, 1.807) is 24.3 Å². The fourth-order valence-electron chi connectivity index (χ4n) is 1.79. The minimum Gasteiger partial charge on any atom is -0.492 e. The first-order valence-electron chi connectivity index (χ1n) is 6.67. The molecule has 0 aliphatic carbocycles. The van der Waals surface area contributed by atoms with Crippen LogP contribution in [0.2, 0.25) is 0 Å². The summed E-state index contributed by atoms with van der Waals surface area (Å²) in [5, 5.41) is 8.89. The van der Waals surface area contributed by atoms with Gasteiger partial charge in [-0.05, 0) is 31.2 Å². The lowest BCUT2D eigenvalue weighted by Gasteiger charge is -2.20. The zero-order chi connectivity index (χ0) is 14.3. The summed E-state index contributed by atoms with van der Waals surface area (Å²) in [6.07, 6.45) is 1.17. The minimum absolute atomic E-state index is 0.255. The third-order valence-corrected chi connectivity index (χ3v) is 3.14. The van der Waals surface area contributed by atoms with Crippen molar-refractivity contribution in [3.63, 3.8) is 0 Å². The van der Waals surface area contributed by atoms with Crippen molar-refractivity contribution in [3.8, 4) is 5.75 Å². The molecule has 4 heteroatoms. The van der Waals surface area contributed by atoms with Gasteiger partial charge in [0.2, 0.25) is 0 Å². The van der Waals surface area contributed by atoms with Gasteiger partial charge in [0.05, 0.1) is 5.56 Å². The number of aromatic carboxylic acids is 1. The molecule has 0 amide bonds. The maximum Gasteiger partial charge on any atom is 0.335 e. The van der Waals surface area contributed by atoms with Gasteiger partial charge in [0.25, 0.3) is 0 Å². The van der Waals surface area contributed by atoms with Crippen molar-refractivity contribution >= 4 is 5.97 Å². The maximum atomic E-state index is 10.8. The first-order chi connectivity index (χ1) is 9.02. The van der Waals surface area contributed by atoms with Crippen molar-refractivity contribution < 1.29 is 14.6 Å². The molecule has 0 radical (unpaired) electrons. The number of ether oxygens (including phenoxy) is 1. The summed E-state index contributed by atoms with van der Waals surface area (Å²) >= 11 is 0.